The lowest BCUT2D eigenvalue weighted by Gasteiger charge is -2.10. The van der Waals surface area contributed by atoms with Gasteiger partial charge in [0, 0.05) is 35.8 Å². The number of halogens is 1. The van der Waals surface area contributed by atoms with Crippen molar-refractivity contribution in [1.82, 2.24) is 15.0 Å². The molecule has 6 heteroatoms. The summed E-state index contributed by atoms with van der Waals surface area (Å²) < 4.78 is 0. The molecule has 2 aromatic heterocycles. The summed E-state index contributed by atoms with van der Waals surface area (Å²) in [5, 5.41) is 7.16. The maximum Gasteiger partial charge on any atom is 0.229 e. The van der Waals surface area contributed by atoms with Crippen molar-refractivity contribution in [2.45, 2.75) is 13.5 Å². The maximum absolute atomic E-state index is 6.13. The molecule has 0 saturated carbocycles. The van der Waals surface area contributed by atoms with Gasteiger partial charge in [-0.1, -0.05) is 23.7 Å². The second-order valence-electron chi connectivity index (χ2n) is 5.02. The highest BCUT2D eigenvalue weighted by atomic mass is 35.5. The van der Waals surface area contributed by atoms with Crippen molar-refractivity contribution < 1.29 is 0 Å². The molecule has 0 unspecified atom stereocenters. The minimum Gasteiger partial charge on any atom is -0.366 e. The Balaban J connectivity index is 1.71. The van der Waals surface area contributed by atoms with E-state index in [0.29, 0.717) is 17.5 Å². The fourth-order valence-corrected chi connectivity index (χ4v) is 2.25. The number of hydrogen-bond acceptors (Lipinski definition) is 5. The van der Waals surface area contributed by atoms with Gasteiger partial charge in [-0.15, -0.1) is 0 Å². The monoisotopic (exact) mass is 325 g/mol. The number of benzene rings is 1. The van der Waals surface area contributed by atoms with Gasteiger partial charge in [-0.2, -0.15) is 4.98 Å². The number of pyridine rings is 1. The van der Waals surface area contributed by atoms with Crippen LogP contribution in [0.3, 0.4) is 0 Å². The van der Waals surface area contributed by atoms with Crippen LogP contribution in [0.25, 0.3) is 0 Å². The third-order valence-corrected chi connectivity index (χ3v) is 3.78. The van der Waals surface area contributed by atoms with E-state index in [-0.39, 0.29) is 0 Å². The van der Waals surface area contributed by atoms with Gasteiger partial charge in [-0.25, -0.2) is 4.98 Å². The molecular weight excluding hydrogens is 310 g/mol. The molecule has 3 rings (SSSR count). The minimum absolute atomic E-state index is 0.520. The van der Waals surface area contributed by atoms with E-state index in [1.54, 1.807) is 12.4 Å². The first-order valence-corrected chi connectivity index (χ1v) is 7.58. The molecule has 5 nitrogen and oxygen atoms in total. The maximum atomic E-state index is 6.13. The number of nitrogens with one attached hydrogen (secondary N) is 2. The molecule has 0 aliphatic heterocycles. The molecule has 23 heavy (non-hydrogen) atoms. The van der Waals surface area contributed by atoms with E-state index in [1.165, 1.54) is 0 Å². The van der Waals surface area contributed by atoms with Crippen molar-refractivity contribution in [3.63, 3.8) is 0 Å². The van der Waals surface area contributed by atoms with Gasteiger partial charge in [0.25, 0.3) is 0 Å². The lowest BCUT2D eigenvalue weighted by molar-refractivity contribution is 1.07. The summed E-state index contributed by atoms with van der Waals surface area (Å²) in [6, 6.07) is 11.4. The number of aromatic nitrogens is 3. The third-order valence-electron chi connectivity index (χ3n) is 3.37. The van der Waals surface area contributed by atoms with Gasteiger partial charge in [0.2, 0.25) is 5.95 Å². The van der Waals surface area contributed by atoms with Crippen molar-refractivity contribution in [3.8, 4) is 0 Å². The summed E-state index contributed by atoms with van der Waals surface area (Å²) in [5.74, 6) is 1.26. The van der Waals surface area contributed by atoms with Crippen LogP contribution in [-0.2, 0) is 6.54 Å². The molecule has 2 N–H and O–H groups in total. The van der Waals surface area contributed by atoms with E-state index in [4.69, 9.17) is 11.6 Å². The average molecular weight is 326 g/mol. The van der Waals surface area contributed by atoms with Crippen LogP contribution in [0.4, 0.5) is 17.5 Å². The quantitative estimate of drug-likeness (QED) is 0.736. The lowest BCUT2D eigenvalue weighted by Crippen LogP contribution is -2.04. The topological polar surface area (TPSA) is 62.7 Å². The van der Waals surface area contributed by atoms with Crippen LogP contribution in [0.5, 0.6) is 0 Å². The Morgan fingerprint density at radius 3 is 2.83 bits per heavy atom. The molecule has 0 amide bonds. The van der Waals surface area contributed by atoms with E-state index >= 15 is 0 Å². The summed E-state index contributed by atoms with van der Waals surface area (Å²) in [6.07, 6.45) is 5.28. The summed E-state index contributed by atoms with van der Waals surface area (Å²) >= 11 is 6.13. The van der Waals surface area contributed by atoms with E-state index in [2.05, 4.69) is 25.6 Å². The molecule has 0 radical (unpaired) electrons. The van der Waals surface area contributed by atoms with Crippen LogP contribution in [0.15, 0.2) is 55.0 Å². The Kier molecular flexibility index (Phi) is 4.68. The zero-order valence-corrected chi connectivity index (χ0v) is 13.4. The van der Waals surface area contributed by atoms with Gasteiger partial charge in [-0.05, 0) is 42.3 Å². The summed E-state index contributed by atoms with van der Waals surface area (Å²) in [5.41, 5.74) is 2.94. The fraction of sp³-hybridized carbons (Fsp3) is 0.118. The molecule has 2 heterocycles. The largest absolute Gasteiger partial charge is 0.366 e. The van der Waals surface area contributed by atoms with Gasteiger partial charge in [0.1, 0.15) is 5.82 Å². The normalized spacial score (nSPS) is 10.3. The summed E-state index contributed by atoms with van der Waals surface area (Å²) in [4.78, 5) is 12.8. The molecule has 0 saturated heterocycles. The summed E-state index contributed by atoms with van der Waals surface area (Å²) in [7, 11) is 0. The zero-order valence-electron chi connectivity index (χ0n) is 12.6. The van der Waals surface area contributed by atoms with Crippen molar-refractivity contribution >= 4 is 29.1 Å². The van der Waals surface area contributed by atoms with E-state index in [9.17, 15) is 0 Å². The number of nitrogens with zero attached hydrogens (tertiary/aromatic N) is 3. The van der Waals surface area contributed by atoms with Crippen molar-refractivity contribution in [1.29, 1.82) is 0 Å². The first-order chi connectivity index (χ1) is 11.2. The van der Waals surface area contributed by atoms with E-state index < -0.39 is 0 Å². The first kappa shape index (κ1) is 15.2. The Labute approximate surface area is 139 Å². The number of anilines is 3. The highest BCUT2D eigenvalue weighted by Gasteiger charge is 2.05. The third kappa shape index (κ3) is 3.96. The van der Waals surface area contributed by atoms with Crippen LogP contribution in [0.1, 0.15) is 11.1 Å². The van der Waals surface area contributed by atoms with E-state index in [0.717, 1.165) is 22.6 Å². The summed E-state index contributed by atoms with van der Waals surface area (Å²) in [6.45, 7) is 2.61. The molecule has 1 aromatic carbocycles. The predicted molar refractivity (Wildman–Crippen MR) is 93.1 cm³/mol. The van der Waals surface area contributed by atoms with Gasteiger partial charge in [0.05, 0.1) is 0 Å². The van der Waals surface area contributed by atoms with Crippen molar-refractivity contribution in [3.05, 3.63) is 71.1 Å². The van der Waals surface area contributed by atoms with Gasteiger partial charge >= 0.3 is 0 Å². The minimum atomic E-state index is 0.520. The van der Waals surface area contributed by atoms with Crippen LogP contribution < -0.4 is 10.6 Å². The van der Waals surface area contributed by atoms with Crippen molar-refractivity contribution in [2.24, 2.45) is 0 Å². The van der Waals surface area contributed by atoms with Gasteiger partial charge in [-0.3, -0.25) is 4.98 Å². The second kappa shape index (κ2) is 7.07. The molecule has 0 atom stereocenters. The second-order valence-corrected chi connectivity index (χ2v) is 5.42. The Hall–Kier alpha value is -2.66. The fourth-order valence-electron chi connectivity index (χ4n) is 2.08. The smallest absolute Gasteiger partial charge is 0.229 e. The Bertz CT molecular complexity index is 792. The van der Waals surface area contributed by atoms with Crippen LogP contribution in [0.2, 0.25) is 5.02 Å². The molecule has 3 aromatic rings. The highest BCUT2D eigenvalue weighted by molar-refractivity contribution is 6.31. The lowest BCUT2D eigenvalue weighted by atomic mass is 10.2. The van der Waals surface area contributed by atoms with Crippen LogP contribution >= 0.6 is 11.6 Å². The van der Waals surface area contributed by atoms with Gasteiger partial charge in [0.15, 0.2) is 0 Å². The average Bonchev–Trinajstić information content (AvgIpc) is 2.59. The zero-order chi connectivity index (χ0) is 16.1. The Morgan fingerprint density at radius 1 is 1.09 bits per heavy atom. The first-order valence-electron chi connectivity index (χ1n) is 7.20. The van der Waals surface area contributed by atoms with Crippen LogP contribution in [0, 0.1) is 6.92 Å². The van der Waals surface area contributed by atoms with Crippen LogP contribution in [-0.4, -0.2) is 15.0 Å². The highest BCUT2D eigenvalue weighted by Crippen LogP contribution is 2.25. The van der Waals surface area contributed by atoms with E-state index in [1.807, 2.05) is 49.5 Å². The number of hydrogen-bond donors (Lipinski definition) is 2. The van der Waals surface area contributed by atoms with Crippen molar-refractivity contribution in [2.75, 3.05) is 10.6 Å². The molecular formula is C17H16ClN5. The Morgan fingerprint density at radius 2 is 2.00 bits per heavy atom. The SMILES string of the molecule is Cc1c(Cl)cccc1Nc1nccc(NCc2cccnc2)n1. The number of rotatable bonds is 5. The molecule has 116 valence electrons. The standard InChI is InChI=1S/C17H16ClN5/c1-12-14(18)5-2-6-15(12)22-17-20-9-7-16(23-17)21-11-13-4-3-8-19-10-13/h2-10H,11H2,1H3,(H2,20,21,22,23). The predicted octanol–water partition coefficient (Wildman–Crippen LogP) is 4.19. The molecule has 0 fully saturated rings. The molecule has 0 bridgehead atoms. The molecule has 0 aliphatic rings. The van der Waals surface area contributed by atoms with Gasteiger partial charge < -0.3 is 10.6 Å². The molecule has 0 aliphatic carbocycles. The molecule has 0 spiro atoms.